The van der Waals surface area contributed by atoms with Crippen LogP contribution in [0.1, 0.15) is 24.0 Å². The van der Waals surface area contributed by atoms with Crippen molar-refractivity contribution in [3.63, 3.8) is 0 Å². The zero-order valence-electron chi connectivity index (χ0n) is 14.4. The molecule has 0 spiro atoms. The number of aryl methyl sites for hydroxylation is 1. The molecule has 0 bridgehead atoms. The van der Waals surface area contributed by atoms with Gasteiger partial charge in [-0.25, -0.2) is 0 Å². The van der Waals surface area contributed by atoms with Gasteiger partial charge >= 0.3 is 0 Å². The van der Waals surface area contributed by atoms with E-state index in [0.717, 1.165) is 25.9 Å². The summed E-state index contributed by atoms with van der Waals surface area (Å²) < 4.78 is 18.1. The number of alkyl halides is 1. The van der Waals surface area contributed by atoms with Crippen LogP contribution in [0.2, 0.25) is 0 Å². The lowest BCUT2D eigenvalue weighted by Gasteiger charge is -2.16. The maximum Gasteiger partial charge on any atom is 0.169 e. The molecule has 2 aromatic carbocycles. The minimum atomic E-state index is -0.110. The summed E-state index contributed by atoms with van der Waals surface area (Å²) in [7, 11) is 0. The molecule has 3 nitrogen and oxygen atoms in total. The monoisotopic (exact) mass is 452 g/mol. The second kappa shape index (κ2) is 10.3. The molecule has 1 saturated heterocycles. The molecule has 0 radical (unpaired) electrons. The van der Waals surface area contributed by atoms with Crippen LogP contribution in [-0.4, -0.2) is 29.5 Å². The number of benzene rings is 2. The first-order valence-electron chi connectivity index (χ1n) is 8.88. The fourth-order valence-corrected chi connectivity index (χ4v) is 3.89. The molecule has 134 valence electrons. The van der Waals surface area contributed by atoms with E-state index in [0.29, 0.717) is 17.1 Å². The summed E-state index contributed by atoms with van der Waals surface area (Å²) in [6.45, 7) is 1.99. The Morgan fingerprint density at radius 3 is 2.36 bits per heavy atom. The highest BCUT2D eigenvalue weighted by Gasteiger charge is 2.34. The predicted octanol–water partition coefficient (Wildman–Crippen LogP) is 4.77. The van der Waals surface area contributed by atoms with Crippen LogP contribution in [0.4, 0.5) is 0 Å². The SMILES string of the molecule is I[C@H]1C[C@@H](COCc2ccccc2)O[C@@H]1OCCCc1ccccc1. The van der Waals surface area contributed by atoms with Crippen molar-refractivity contribution < 1.29 is 14.2 Å². The quantitative estimate of drug-likeness (QED) is 0.312. The van der Waals surface area contributed by atoms with Gasteiger partial charge in [-0.3, -0.25) is 0 Å². The molecule has 3 atom stereocenters. The summed E-state index contributed by atoms with van der Waals surface area (Å²) in [4.78, 5) is 0. The van der Waals surface area contributed by atoms with Crippen LogP contribution in [0.15, 0.2) is 60.7 Å². The Morgan fingerprint density at radius 1 is 0.960 bits per heavy atom. The van der Waals surface area contributed by atoms with Gasteiger partial charge in [0, 0.05) is 0 Å². The first-order valence-corrected chi connectivity index (χ1v) is 10.1. The zero-order chi connectivity index (χ0) is 17.3. The number of hydrogen-bond donors (Lipinski definition) is 0. The molecule has 0 aromatic heterocycles. The van der Waals surface area contributed by atoms with Crippen LogP contribution in [0.5, 0.6) is 0 Å². The van der Waals surface area contributed by atoms with E-state index in [1.807, 2.05) is 24.3 Å². The van der Waals surface area contributed by atoms with Crippen molar-refractivity contribution in [1.29, 1.82) is 0 Å². The molecule has 0 saturated carbocycles. The van der Waals surface area contributed by atoms with Crippen LogP contribution in [0.25, 0.3) is 0 Å². The number of ether oxygens (including phenoxy) is 3. The van der Waals surface area contributed by atoms with Gasteiger partial charge in [-0.05, 0) is 30.4 Å². The highest BCUT2D eigenvalue weighted by molar-refractivity contribution is 14.1. The average Bonchev–Trinajstić information content (AvgIpc) is 3.00. The summed E-state index contributed by atoms with van der Waals surface area (Å²) in [5.74, 6) is 0. The number of hydrogen-bond acceptors (Lipinski definition) is 3. The molecule has 1 heterocycles. The molecule has 0 unspecified atom stereocenters. The minimum absolute atomic E-state index is 0.110. The minimum Gasteiger partial charge on any atom is -0.374 e. The van der Waals surface area contributed by atoms with E-state index >= 15 is 0 Å². The first kappa shape index (κ1) is 18.8. The fourth-order valence-electron chi connectivity index (χ4n) is 2.95. The average molecular weight is 452 g/mol. The highest BCUT2D eigenvalue weighted by Crippen LogP contribution is 2.28. The lowest BCUT2D eigenvalue weighted by molar-refractivity contribution is -0.142. The van der Waals surface area contributed by atoms with E-state index in [1.54, 1.807) is 0 Å². The fraction of sp³-hybridized carbons (Fsp3) is 0.429. The maximum atomic E-state index is 6.01. The maximum absolute atomic E-state index is 6.01. The molecule has 3 rings (SSSR count). The molecule has 0 N–H and O–H groups in total. The molecular weight excluding hydrogens is 427 g/mol. The molecule has 0 aliphatic carbocycles. The van der Waals surface area contributed by atoms with Gasteiger partial charge in [0.1, 0.15) is 0 Å². The van der Waals surface area contributed by atoms with Crippen molar-refractivity contribution in [2.24, 2.45) is 0 Å². The molecular formula is C21H25IO3. The van der Waals surface area contributed by atoms with E-state index in [4.69, 9.17) is 14.2 Å². The van der Waals surface area contributed by atoms with Gasteiger partial charge in [-0.1, -0.05) is 83.3 Å². The zero-order valence-corrected chi connectivity index (χ0v) is 16.5. The standard InChI is InChI=1S/C21H25IO3/c22-20-14-19(16-23-15-18-10-5-2-6-11-18)25-21(20)24-13-7-12-17-8-3-1-4-9-17/h1-6,8-11,19-21H,7,12-16H2/t19-,20-,21-/m0/s1. The summed E-state index contributed by atoms with van der Waals surface area (Å²) in [5, 5.41) is 0. The lowest BCUT2D eigenvalue weighted by atomic mass is 10.1. The van der Waals surface area contributed by atoms with Crippen molar-refractivity contribution in [2.75, 3.05) is 13.2 Å². The van der Waals surface area contributed by atoms with E-state index in [2.05, 4.69) is 59.0 Å². The van der Waals surface area contributed by atoms with Gasteiger partial charge in [0.15, 0.2) is 6.29 Å². The third-order valence-corrected chi connectivity index (χ3v) is 5.36. The summed E-state index contributed by atoms with van der Waals surface area (Å²) >= 11 is 2.43. The van der Waals surface area contributed by atoms with E-state index < -0.39 is 0 Å². The third-order valence-electron chi connectivity index (χ3n) is 4.26. The van der Waals surface area contributed by atoms with E-state index in [9.17, 15) is 0 Å². The van der Waals surface area contributed by atoms with E-state index in [-0.39, 0.29) is 12.4 Å². The Kier molecular flexibility index (Phi) is 7.73. The summed E-state index contributed by atoms with van der Waals surface area (Å²) in [5.41, 5.74) is 2.55. The molecule has 1 fully saturated rings. The Bertz CT molecular complexity index is 605. The topological polar surface area (TPSA) is 27.7 Å². The van der Waals surface area contributed by atoms with Gasteiger partial charge in [-0.15, -0.1) is 0 Å². The lowest BCUT2D eigenvalue weighted by Crippen LogP contribution is -2.22. The second-order valence-corrected chi connectivity index (χ2v) is 7.94. The number of rotatable bonds is 9. The smallest absolute Gasteiger partial charge is 0.169 e. The van der Waals surface area contributed by atoms with Gasteiger partial charge in [0.05, 0.1) is 29.8 Å². The molecule has 25 heavy (non-hydrogen) atoms. The Labute approximate surface area is 163 Å². The third kappa shape index (κ3) is 6.37. The number of halogens is 1. The van der Waals surface area contributed by atoms with Crippen molar-refractivity contribution in [2.45, 2.75) is 42.2 Å². The Balaban J connectivity index is 1.31. The molecule has 2 aromatic rings. The van der Waals surface area contributed by atoms with Gasteiger partial charge < -0.3 is 14.2 Å². The summed E-state index contributed by atoms with van der Waals surface area (Å²) in [6.07, 6.45) is 3.07. The summed E-state index contributed by atoms with van der Waals surface area (Å²) in [6, 6.07) is 20.8. The molecule has 4 heteroatoms. The van der Waals surface area contributed by atoms with Crippen molar-refractivity contribution in [1.82, 2.24) is 0 Å². The normalized spacial score (nSPS) is 23.0. The van der Waals surface area contributed by atoms with Crippen LogP contribution in [0.3, 0.4) is 0 Å². The largest absolute Gasteiger partial charge is 0.374 e. The van der Waals surface area contributed by atoms with Crippen molar-refractivity contribution in [3.05, 3.63) is 71.8 Å². The van der Waals surface area contributed by atoms with Crippen LogP contribution in [0, 0.1) is 0 Å². The highest BCUT2D eigenvalue weighted by atomic mass is 127. The van der Waals surface area contributed by atoms with Gasteiger partial charge in [0.25, 0.3) is 0 Å². The molecule has 1 aliphatic rings. The Hall–Kier alpha value is -0.950. The Morgan fingerprint density at radius 2 is 1.64 bits per heavy atom. The van der Waals surface area contributed by atoms with E-state index in [1.165, 1.54) is 11.1 Å². The van der Waals surface area contributed by atoms with Crippen LogP contribution < -0.4 is 0 Å². The van der Waals surface area contributed by atoms with Crippen molar-refractivity contribution >= 4 is 22.6 Å². The van der Waals surface area contributed by atoms with Gasteiger partial charge in [-0.2, -0.15) is 0 Å². The van der Waals surface area contributed by atoms with Crippen LogP contribution in [-0.2, 0) is 27.2 Å². The second-order valence-electron chi connectivity index (χ2n) is 6.34. The van der Waals surface area contributed by atoms with Crippen LogP contribution >= 0.6 is 22.6 Å². The first-order chi connectivity index (χ1) is 12.3. The predicted molar refractivity (Wildman–Crippen MR) is 108 cm³/mol. The molecule has 0 amide bonds. The van der Waals surface area contributed by atoms with Gasteiger partial charge in [0.2, 0.25) is 0 Å². The molecule has 1 aliphatic heterocycles. The van der Waals surface area contributed by atoms with Crippen molar-refractivity contribution in [3.8, 4) is 0 Å².